The fourth-order valence-electron chi connectivity index (χ4n) is 3.55. The number of methoxy groups -OCH3 is 1. The van der Waals surface area contributed by atoms with Crippen LogP contribution in [0.3, 0.4) is 0 Å². The van der Waals surface area contributed by atoms with Gasteiger partial charge in [-0.15, -0.1) is 0 Å². The van der Waals surface area contributed by atoms with Crippen molar-refractivity contribution in [1.29, 1.82) is 0 Å². The maximum atomic E-state index is 13.0. The molecule has 0 aliphatic carbocycles. The summed E-state index contributed by atoms with van der Waals surface area (Å²) in [6.45, 7) is 1.67. The lowest BCUT2D eigenvalue weighted by atomic mass is 10.2. The summed E-state index contributed by atoms with van der Waals surface area (Å²) in [5, 5.41) is 0.367. The molecule has 0 N–H and O–H groups in total. The Hall–Kier alpha value is -2.49. The van der Waals surface area contributed by atoms with Crippen molar-refractivity contribution in [3.63, 3.8) is 0 Å². The van der Waals surface area contributed by atoms with Gasteiger partial charge in [-0.1, -0.05) is 11.6 Å². The standard InChI is InChI=1S/C21H22ClNO7S/c1-27-17-5-4-15(12-19(17)31(25,26)23-6-2-3-7-23)21(24)30-13-14-10-16(22)20-18(11-14)28-8-9-29-20/h4-5,10-12H,2-3,6-9,13H2,1H3. The van der Waals surface area contributed by atoms with Gasteiger partial charge in [0.15, 0.2) is 11.5 Å². The van der Waals surface area contributed by atoms with Crippen molar-refractivity contribution >= 4 is 27.6 Å². The second kappa shape index (κ2) is 8.94. The predicted octanol–water partition coefficient (Wildman–Crippen LogP) is 3.26. The first-order valence-electron chi connectivity index (χ1n) is 9.83. The molecule has 2 heterocycles. The van der Waals surface area contributed by atoms with E-state index in [1.807, 2.05) is 0 Å². The highest BCUT2D eigenvalue weighted by Gasteiger charge is 2.31. The molecule has 1 fully saturated rings. The largest absolute Gasteiger partial charge is 0.495 e. The summed E-state index contributed by atoms with van der Waals surface area (Å²) in [7, 11) is -2.38. The second-order valence-corrected chi connectivity index (χ2v) is 9.47. The lowest BCUT2D eigenvalue weighted by Crippen LogP contribution is -2.28. The molecular formula is C21H22ClNO7S. The Morgan fingerprint density at radius 1 is 1.13 bits per heavy atom. The summed E-state index contributed by atoms with van der Waals surface area (Å²) in [5.41, 5.74) is 0.739. The van der Waals surface area contributed by atoms with E-state index in [0.717, 1.165) is 12.8 Å². The van der Waals surface area contributed by atoms with Crippen LogP contribution in [0.4, 0.5) is 0 Å². The van der Waals surface area contributed by atoms with Gasteiger partial charge in [-0.2, -0.15) is 4.31 Å². The van der Waals surface area contributed by atoms with Crippen molar-refractivity contribution < 1.29 is 32.2 Å². The van der Waals surface area contributed by atoms with Crippen LogP contribution in [-0.2, 0) is 21.4 Å². The summed E-state index contributed by atoms with van der Waals surface area (Å²) in [5.74, 6) is 0.483. The van der Waals surface area contributed by atoms with Gasteiger partial charge in [-0.3, -0.25) is 0 Å². The quantitative estimate of drug-likeness (QED) is 0.602. The molecule has 0 aromatic heterocycles. The van der Waals surface area contributed by atoms with Crippen LogP contribution in [0.15, 0.2) is 35.2 Å². The maximum Gasteiger partial charge on any atom is 0.338 e. The molecule has 8 nitrogen and oxygen atoms in total. The summed E-state index contributed by atoms with van der Waals surface area (Å²) in [4.78, 5) is 12.6. The average Bonchev–Trinajstić information content (AvgIpc) is 3.33. The van der Waals surface area contributed by atoms with Gasteiger partial charge in [-0.05, 0) is 48.7 Å². The number of rotatable bonds is 6. The molecule has 0 amide bonds. The van der Waals surface area contributed by atoms with E-state index < -0.39 is 16.0 Å². The molecular weight excluding hydrogens is 446 g/mol. The maximum absolute atomic E-state index is 13.0. The smallest absolute Gasteiger partial charge is 0.338 e. The molecule has 2 aromatic rings. The van der Waals surface area contributed by atoms with Crippen LogP contribution < -0.4 is 14.2 Å². The summed E-state index contributed by atoms with van der Waals surface area (Å²) < 4.78 is 49.0. The van der Waals surface area contributed by atoms with E-state index in [1.165, 1.54) is 29.6 Å². The third-order valence-corrected chi connectivity index (χ3v) is 7.31. The first-order valence-corrected chi connectivity index (χ1v) is 11.7. The number of hydrogen-bond acceptors (Lipinski definition) is 7. The normalized spacial score (nSPS) is 16.2. The molecule has 0 saturated carbocycles. The Labute approximate surface area is 185 Å². The van der Waals surface area contributed by atoms with Gasteiger partial charge < -0.3 is 18.9 Å². The summed E-state index contributed by atoms with van der Waals surface area (Å²) in [6, 6.07) is 7.57. The van der Waals surface area contributed by atoms with Gasteiger partial charge in [0, 0.05) is 13.1 Å². The van der Waals surface area contributed by atoms with Crippen LogP contribution in [0.25, 0.3) is 0 Å². The van der Waals surface area contributed by atoms with Crippen LogP contribution in [0.1, 0.15) is 28.8 Å². The Kier molecular flexibility index (Phi) is 6.27. The van der Waals surface area contributed by atoms with Gasteiger partial charge in [0.05, 0.1) is 17.7 Å². The first-order chi connectivity index (χ1) is 14.9. The summed E-state index contributed by atoms with van der Waals surface area (Å²) >= 11 is 6.22. The topological polar surface area (TPSA) is 91.4 Å². The molecule has 2 aliphatic rings. The van der Waals surface area contributed by atoms with E-state index in [0.29, 0.717) is 48.4 Å². The fourth-order valence-corrected chi connectivity index (χ4v) is 5.54. The minimum atomic E-state index is -3.77. The molecule has 2 aliphatic heterocycles. The Morgan fingerprint density at radius 2 is 1.87 bits per heavy atom. The highest BCUT2D eigenvalue weighted by atomic mass is 35.5. The zero-order valence-electron chi connectivity index (χ0n) is 16.9. The molecule has 0 atom stereocenters. The fraction of sp³-hybridized carbons (Fsp3) is 0.381. The number of benzene rings is 2. The number of sulfonamides is 1. The van der Waals surface area contributed by atoms with E-state index in [2.05, 4.69) is 0 Å². The number of esters is 1. The van der Waals surface area contributed by atoms with Gasteiger partial charge >= 0.3 is 5.97 Å². The zero-order chi connectivity index (χ0) is 22.0. The van der Waals surface area contributed by atoms with E-state index in [4.69, 9.17) is 30.5 Å². The predicted molar refractivity (Wildman–Crippen MR) is 113 cm³/mol. The molecule has 0 radical (unpaired) electrons. The van der Waals surface area contributed by atoms with Crippen molar-refractivity contribution in [3.05, 3.63) is 46.5 Å². The van der Waals surface area contributed by atoms with Crippen molar-refractivity contribution in [2.45, 2.75) is 24.3 Å². The monoisotopic (exact) mass is 467 g/mol. The van der Waals surface area contributed by atoms with Crippen LogP contribution >= 0.6 is 11.6 Å². The van der Waals surface area contributed by atoms with Gasteiger partial charge in [0.2, 0.25) is 10.0 Å². The number of halogens is 1. The van der Waals surface area contributed by atoms with Gasteiger partial charge in [0.1, 0.15) is 30.5 Å². The molecule has 0 unspecified atom stereocenters. The van der Waals surface area contributed by atoms with Gasteiger partial charge in [-0.25, -0.2) is 13.2 Å². The third-order valence-electron chi connectivity index (χ3n) is 5.11. The van der Waals surface area contributed by atoms with E-state index >= 15 is 0 Å². The number of carbonyl (C=O) groups excluding carboxylic acids is 1. The average molecular weight is 468 g/mol. The second-order valence-electron chi connectivity index (χ2n) is 7.15. The molecule has 0 spiro atoms. The minimum Gasteiger partial charge on any atom is -0.495 e. The highest BCUT2D eigenvalue weighted by Crippen LogP contribution is 2.38. The van der Waals surface area contributed by atoms with Crippen molar-refractivity contribution in [1.82, 2.24) is 4.31 Å². The SMILES string of the molecule is COc1ccc(C(=O)OCc2cc(Cl)c3c(c2)OCCO3)cc1S(=O)(=O)N1CCCC1. The van der Waals surface area contributed by atoms with Crippen LogP contribution in [0.5, 0.6) is 17.2 Å². The van der Waals surface area contributed by atoms with Gasteiger partial charge in [0.25, 0.3) is 0 Å². The number of carbonyl (C=O) groups is 1. The number of ether oxygens (including phenoxy) is 4. The first kappa shape index (κ1) is 21.7. The number of nitrogens with zero attached hydrogens (tertiary/aromatic N) is 1. The molecule has 1 saturated heterocycles. The minimum absolute atomic E-state index is 0.0475. The van der Waals surface area contributed by atoms with E-state index in [1.54, 1.807) is 12.1 Å². The van der Waals surface area contributed by atoms with E-state index in [-0.39, 0.29) is 22.8 Å². The molecule has 10 heteroatoms. The molecule has 0 bridgehead atoms. The van der Waals surface area contributed by atoms with E-state index in [9.17, 15) is 13.2 Å². The van der Waals surface area contributed by atoms with Crippen LogP contribution in [0, 0.1) is 0 Å². The van der Waals surface area contributed by atoms with Crippen molar-refractivity contribution in [2.24, 2.45) is 0 Å². The number of hydrogen-bond donors (Lipinski definition) is 0. The van der Waals surface area contributed by atoms with Crippen LogP contribution in [0.2, 0.25) is 5.02 Å². The number of fused-ring (bicyclic) bond motifs is 1. The third kappa shape index (κ3) is 4.44. The van der Waals surface area contributed by atoms with Crippen molar-refractivity contribution in [2.75, 3.05) is 33.4 Å². The molecule has 4 rings (SSSR count). The Morgan fingerprint density at radius 3 is 2.61 bits per heavy atom. The molecule has 166 valence electrons. The van der Waals surface area contributed by atoms with Crippen LogP contribution in [-0.4, -0.2) is 52.1 Å². The highest BCUT2D eigenvalue weighted by molar-refractivity contribution is 7.89. The lowest BCUT2D eigenvalue weighted by Gasteiger charge is -2.20. The Bertz CT molecular complexity index is 1100. The lowest BCUT2D eigenvalue weighted by molar-refractivity contribution is 0.0471. The molecule has 2 aromatic carbocycles. The molecule has 31 heavy (non-hydrogen) atoms. The summed E-state index contributed by atoms with van der Waals surface area (Å²) in [6.07, 6.45) is 1.61. The Balaban J connectivity index is 1.53. The zero-order valence-corrected chi connectivity index (χ0v) is 18.5. The van der Waals surface area contributed by atoms with Crippen molar-refractivity contribution in [3.8, 4) is 17.2 Å².